The first-order valence-corrected chi connectivity index (χ1v) is 9.19. The molecule has 0 saturated carbocycles. The standard InChI is InChI=1S/C19H26N6O2/c1-16(26)25-9-5-8-22(2)10-11-23(12-17-6-3-4-7-18(17)25)19(27)13-24-15-20-14-21-24/h3-4,6-7,14-15H,5,8-13H2,1-2H3. The Morgan fingerprint density at radius 3 is 2.67 bits per heavy atom. The van der Waals surface area contributed by atoms with Gasteiger partial charge in [-0.15, -0.1) is 0 Å². The summed E-state index contributed by atoms with van der Waals surface area (Å²) in [5, 5.41) is 4.03. The van der Waals surface area contributed by atoms with E-state index in [1.165, 1.54) is 11.0 Å². The van der Waals surface area contributed by atoms with Crippen LogP contribution in [0.15, 0.2) is 36.9 Å². The van der Waals surface area contributed by atoms with Gasteiger partial charge in [-0.25, -0.2) is 9.67 Å². The lowest BCUT2D eigenvalue weighted by molar-refractivity contribution is -0.132. The summed E-state index contributed by atoms with van der Waals surface area (Å²) in [7, 11) is 2.04. The molecule has 0 spiro atoms. The quantitative estimate of drug-likeness (QED) is 0.788. The molecule has 1 aliphatic rings. The number of likely N-dealkylation sites (N-methyl/N-ethyl adjacent to an activating group) is 1. The summed E-state index contributed by atoms with van der Waals surface area (Å²) in [4.78, 5) is 34.9. The molecule has 2 amide bonds. The zero-order valence-corrected chi connectivity index (χ0v) is 15.9. The number of aromatic nitrogens is 3. The van der Waals surface area contributed by atoms with Crippen molar-refractivity contribution in [2.45, 2.75) is 26.4 Å². The van der Waals surface area contributed by atoms with Gasteiger partial charge in [-0.1, -0.05) is 18.2 Å². The number of anilines is 1. The van der Waals surface area contributed by atoms with Crippen molar-refractivity contribution >= 4 is 17.5 Å². The molecule has 0 atom stereocenters. The number of benzene rings is 1. The second kappa shape index (κ2) is 8.77. The third-order valence-electron chi connectivity index (χ3n) is 4.81. The molecule has 144 valence electrons. The van der Waals surface area contributed by atoms with E-state index in [1.807, 2.05) is 41.1 Å². The highest BCUT2D eigenvalue weighted by Crippen LogP contribution is 2.23. The maximum atomic E-state index is 12.9. The van der Waals surface area contributed by atoms with E-state index in [4.69, 9.17) is 0 Å². The average Bonchev–Trinajstić information content (AvgIpc) is 3.14. The van der Waals surface area contributed by atoms with Gasteiger partial charge in [0.1, 0.15) is 19.2 Å². The first kappa shape index (κ1) is 19.0. The minimum absolute atomic E-state index is 0.0164. The molecule has 0 radical (unpaired) electrons. The highest BCUT2D eigenvalue weighted by molar-refractivity contribution is 5.92. The van der Waals surface area contributed by atoms with Gasteiger partial charge in [-0.3, -0.25) is 9.59 Å². The van der Waals surface area contributed by atoms with Crippen LogP contribution in [0.5, 0.6) is 0 Å². The van der Waals surface area contributed by atoms with Crippen LogP contribution in [-0.2, 0) is 22.7 Å². The number of carbonyl (C=O) groups is 2. The Balaban J connectivity index is 1.88. The van der Waals surface area contributed by atoms with Gasteiger partial charge in [-0.2, -0.15) is 5.10 Å². The predicted molar refractivity (Wildman–Crippen MR) is 102 cm³/mol. The summed E-state index contributed by atoms with van der Waals surface area (Å²) in [6.07, 6.45) is 3.85. The fourth-order valence-corrected chi connectivity index (χ4v) is 3.31. The van der Waals surface area contributed by atoms with Gasteiger partial charge in [0.15, 0.2) is 0 Å². The fourth-order valence-electron chi connectivity index (χ4n) is 3.31. The number of fused-ring (bicyclic) bond motifs is 1. The summed E-state index contributed by atoms with van der Waals surface area (Å²) >= 11 is 0. The molecule has 8 nitrogen and oxygen atoms in total. The van der Waals surface area contributed by atoms with Crippen molar-refractivity contribution in [3.8, 4) is 0 Å². The Bertz CT molecular complexity index is 776. The van der Waals surface area contributed by atoms with Crippen molar-refractivity contribution < 1.29 is 9.59 Å². The number of hydrogen-bond donors (Lipinski definition) is 0. The van der Waals surface area contributed by atoms with Crippen LogP contribution in [0.3, 0.4) is 0 Å². The van der Waals surface area contributed by atoms with Crippen LogP contribution < -0.4 is 4.90 Å². The van der Waals surface area contributed by atoms with Crippen LogP contribution in [0.25, 0.3) is 0 Å². The minimum atomic E-state index is -0.0164. The molecule has 0 bridgehead atoms. The van der Waals surface area contributed by atoms with Crippen LogP contribution in [-0.4, -0.2) is 69.6 Å². The zero-order valence-electron chi connectivity index (χ0n) is 15.9. The summed E-state index contributed by atoms with van der Waals surface area (Å²) in [5.74, 6) is 0.00201. The number of para-hydroxylation sites is 1. The van der Waals surface area contributed by atoms with Gasteiger partial charge in [-0.05, 0) is 31.6 Å². The highest BCUT2D eigenvalue weighted by atomic mass is 16.2. The fraction of sp³-hybridized carbons (Fsp3) is 0.474. The molecule has 1 aliphatic heterocycles. The lowest BCUT2D eigenvalue weighted by atomic mass is 10.1. The average molecular weight is 370 g/mol. The molecular weight excluding hydrogens is 344 g/mol. The molecule has 8 heteroatoms. The SMILES string of the molecule is CC(=O)N1CCCN(C)CCN(C(=O)Cn2cncn2)Cc2ccccc21. The molecule has 0 unspecified atom stereocenters. The van der Waals surface area contributed by atoms with Crippen molar-refractivity contribution in [2.24, 2.45) is 0 Å². The molecule has 27 heavy (non-hydrogen) atoms. The Hall–Kier alpha value is -2.74. The number of rotatable bonds is 2. The Morgan fingerprint density at radius 1 is 1.11 bits per heavy atom. The first-order valence-electron chi connectivity index (χ1n) is 9.19. The molecular formula is C19H26N6O2. The second-order valence-corrected chi connectivity index (χ2v) is 6.86. The Labute approximate surface area is 159 Å². The van der Waals surface area contributed by atoms with E-state index in [0.717, 1.165) is 30.8 Å². The monoisotopic (exact) mass is 370 g/mol. The summed E-state index contributed by atoms with van der Waals surface area (Å²) in [6, 6.07) is 7.83. The summed E-state index contributed by atoms with van der Waals surface area (Å²) in [6.45, 7) is 5.15. The molecule has 2 heterocycles. The van der Waals surface area contributed by atoms with Crippen molar-refractivity contribution in [3.05, 3.63) is 42.5 Å². The van der Waals surface area contributed by atoms with Crippen molar-refractivity contribution in [1.29, 1.82) is 0 Å². The molecule has 1 aromatic heterocycles. The number of hydrogen-bond acceptors (Lipinski definition) is 5. The molecule has 3 rings (SSSR count). The molecule has 2 aromatic rings. The maximum Gasteiger partial charge on any atom is 0.244 e. The van der Waals surface area contributed by atoms with Gasteiger partial charge in [0.25, 0.3) is 0 Å². The largest absolute Gasteiger partial charge is 0.335 e. The van der Waals surface area contributed by atoms with Crippen LogP contribution in [0.1, 0.15) is 18.9 Å². The maximum absolute atomic E-state index is 12.9. The third-order valence-corrected chi connectivity index (χ3v) is 4.81. The van der Waals surface area contributed by atoms with E-state index in [1.54, 1.807) is 13.3 Å². The van der Waals surface area contributed by atoms with Gasteiger partial charge in [0, 0.05) is 38.8 Å². The predicted octanol–water partition coefficient (Wildman–Crippen LogP) is 0.995. The van der Waals surface area contributed by atoms with E-state index in [9.17, 15) is 9.59 Å². The van der Waals surface area contributed by atoms with Gasteiger partial charge >= 0.3 is 0 Å². The lowest BCUT2D eigenvalue weighted by Crippen LogP contribution is -2.39. The molecule has 0 fully saturated rings. The van der Waals surface area contributed by atoms with Crippen molar-refractivity contribution in [3.63, 3.8) is 0 Å². The summed E-state index contributed by atoms with van der Waals surface area (Å²) in [5.41, 5.74) is 1.86. The van der Waals surface area contributed by atoms with Crippen LogP contribution in [0, 0.1) is 0 Å². The molecule has 1 aromatic carbocycles. The Morgan fingerprint density at radius 2 is 1.93 bits per heavy atom. The van der Waals surface area contributed by atoms with E-state index in [0.29, 0.717) is 19.6 Å². The van der Waals surface area contributed by atoms with E-state index < -0.39 is 0 Å². The molecule has 0 N–H and O–H groups in total. The van der Waals surface area contributed by atoms with Crippen molar-refractivity contribution in [1.82, 2.24) is 24.6 Å². The van der Waals surface area contributed by atoms with Crippen molar-refractivity contribution in [2.75, 3.05) is 38.1 Å². The van der Waals surface area contributed by atoms with Gasteiger partial charge in [0.2, 0.25) is 11.8 Å². The van der Waals surface area contributed by atoms with Crippen LogP contribution >= 0.6 is 0 Å². The van der Waals surface area contributed by atoms with E-state index in [2.05, 4.69) is 15.0 Å². The first-order chi connectivity index (χ1) is 13.0. The van der Waals surface area contributed by atoms with Crippen LogP contribution in [0.4, 0.5) is 5.69 Å². The lowest BCUT2D eigenvalue weighted by Gasteiger charge is -2.27. The van der Waals surface area contributed by atoms with E-state index in [-0.39, 0.29) is 18.4 Å². The topological polar surface area (TPSA) is 74.6 Å². The van der Waals surface area contributed by atoms with Gasteiger partial charge in [0.05, 0.1) is 0 Å². The second-order valence-electron chi connectivity index (χ2n) is 6.86. The van der Waals surface area contributed by atoms with Crippen LogP contribution in [0.2, 0.25) is 0 Å². The Kier molecular flexibility index (Phi) is 6.18. The number of amides is 2. The molecule has 0 saturated heterocycles. The molecule has 0 aliphatic carbocycles. The number of carbonyl (C=O) groups excluding carboxylic acids is 2. The normalized spacial score (nSPS) is 16.5. The summed E-state index contributed by atoms with van der Waals surface area (Å²) < 4.78 is 1.53. The zero-order chi connectivity index (χ0) is 19.2. The third kappa shape index (κ3) is 4.91. The van der Waals surface area contributed by atoms with Gasteiger partial charge < -0.3 is 14.7 Å². The van der Waals surface area contributed by atoms with E-state index >= 15 is 0 Å². The smallest absolute Gasteiger partial charge is 0.244 e. The minimum Gasteiger partial charge on any atom is -0.335 e. The number of nitrogens with zero attached hydrogens (tertiary/aromatic N) is 6. The highest BCUT2D eigenvalue weighted by Gasteiger charge is 2.21.